The molecule has 1 atom stereocenters. The molecule has 10 nitrogen and oxygen atoms in total. The van der Waals surface area contributed by atoms with Crippen LogP contribution in [0.15, 0.2) is 72.0 Å². The van der Waals surface area contributed by atoms with E-state index < -0.39 is 17.5 Å². The lowest BCUT2D eigenvalue weighted by atomic mass is 9.99. The van der Waals surface area contributed by atoms with Crippen molar-refractivity contribution in [3.05, 3.63) is 106 Å². The van der Waals surface area contributed by atoms with Gasteiger partial charge in [-0.1, -0.05) is 12.1 Å². The van der Waals surface area contributed by atoms with Crippen LogP contribution in [0.4, 0.5) is 10.2 Å². The van der Waals surface area contributed by atoms with Crippen LogP contribution in [-0.2, 0) is 11.3 Å². The lowest BCUT2D eigenvalue weighted by Gasteiger charge is -2.18. The van der Waals surface area contributed by atoms with Crippen LogP contribution in [0, 0.1) is 19.7 Å². The highest BCUT2D eigenvalue weighted by Gasteiger charge is 2.20. The Bertz CT molecular complexity index is 1930. The second-order valence-corrected chi connectivity index (χ2v) is 10.3. The van der Waals surface area contributed by atoms with Crippen molar-refractivity contribution in [3.63, 3.8) is 0 Å². The van der Waals surface area contributed by atoms with Gasteiger partial charge in [0.2, 0.25) is 5.91 Å². The molecule has 3 heterocycles. The van der Waals surface area contributed by atoms with Gasteiger partial charge in [0.05, 0.1) is 41.9 Å². The van der Waals surface area contributed by atoms with Crippen molar-refractivity contribution in [3.8, 4) is 16.9 Å². The van der Waals surface area contributed by atoms with Gasteiger partial charge in [-0.2, -0.15) is 0 Å². The number of carbonyl (C=O) groups is 2. The van der Waals surface area contributed by atoms with E-state index in [0.717, 1.165) is 22.2 Å². The number of aryl methyl sites for hydroxylation is 1. The third-order valence-electron chi connectivity index (χ3n) is 7.57. The zero-order valence-corrected chi connectivity index (χ0v) is 24.5. The Morgan fingerprint density at radius 2 is 1.84 bits per heavy atom. The van der Waals surface area contributed by atoms with Gasteiger partial charge in [-0.3, -0.25) is 23.9 Å². The van der Waals surface area contributed by atoms with Crippen molar-refractivity contribution in [2.75, 3.05) is 19.4 Å². The van der Waals surface area contributed by atoms with Crippen LogP contribution in [0.3, 0.4) is 0 Å². The van der Waals surface area contributed by atoms with Crippen molar-refractivity contribution in [2.45, 2.75) is 33.4 Å². The fourth-order valence-corrected chi connectivity index (χ4v) is 5.05. The molecule has 0 saturated heterocycles. The van der Waals surface area contributed by atoms with Gasteiger partial charge in [-0.25, -0.2) is 9.37 Å². The fourth-order valence-electron chi connectivity index (χ4n) is 5.05. The number of carbonyl (C=O) groups excluding carboxylic acids is 2. The number of fused-ring (bicyclic) bond motifs is 1. The van der Waals surface area contributed by atoms with Crippen molar-refractivity contribution in [1.82, 2.24) is 29.7 Å². The number of benzene rings is 2. The average Bonchev–Trinajstić information content (AvgIpc) is 3.34. The Morgan fingerprint density at radius 3 is 2.58 bits per heavy atom. The molecule has 0 bridgehead atoms. The summed E-state index contributed by atoms with van der Waals surface area (Å²) >= 11 is 0. The zero-order chi connectivity index (χ0) is 30.8. The average molecular weight is 582 g/mol. The molecule has 43 heavy (non-hydrogen) atoms. The smallest absolute Gasteiger partial charge is 0.294 e. The number of hydrogen-bond acceptors (Lipinski definition) is 6. The summed E-state index contributed by atoms with van der Waals surface area (Å²) in [5.74, 6) is -1.09. The molecule has 0 unspecified atom stereocenters. The van der Waals surface area contributed by atoms with Crippen molar-refractivity contribution in [2.24, 2.45) is 0 Å². The molecule has 3 N–H and O–H groups in total. The van der Waals surface area contributed by atoms with Crippen LogP contribution in [0.2, 0.25) is 0 Å². The highest BCUT2D eigenvalue weighted by atomic mass is 19.1. The summed E-state index contributed by atoms with van der Waals surface area (Å²) in [7, 11) is 3.20. The molecule has 2 amide bonds. The van der Waals surface area contributed by atoms with Crippen LogP contribution in [0.25, 0.3) is 27.8 Å². The standard InChI is InChI=1S/C32H32FN7O3/c1-18-16-39(27-10-9-22(33)12-26(18)27)23-11-21(13-36-14-23)17-40-28(24-7-6-8-25(19(24)2)31(42)35-5)15-37-29(32(40)43)38-30(41)20(3)34-4/h6-16,20,34H,17H2,1-5H3,(H,35,42)(H,37,38,41)/t20-/m0/s1. The molecular formula is C32H32FN7O3. The minimum absolute atomic E-state index is 0.0957. The molecule has 5 aromatic rings. The highest BCUT2D eigenvalue weighted by molar-refractivity contribution is 5.97. The Kier molecular flexibility index (Phi) is 8.18. The van der Waals surface area contributed by atoms with Crippen molar-refractivity contribution < 1.29 is 14.0 Å². The summed E-state index contributed by atoms with van der Waals surface area (Å²) in [6, 6.07) is 11.3. The first-order valence-electron chi connectivity index (χ1n) is 13.7. The molecule has 0 spiro atoms. The van der Waals surface area contributed by atoms with E-state index in [-0.39, 0.29) is 24.1 Å². The van der Waals surface area contributed by atoms with Gasteiger partial charge in [-0.15, -0.1) is 0 Å². The number of halogens is 1. The van der Waals surface area contributed by atoms with E-state index >= 15 is 0 Å². The first-order valence-corrected chi connectivity index (χ1v) is 13.7. The summed E-state index contributed by atoms with van der Waals surface area (Å²) in [6.45, 7) is 5.49. The van der Waals surface area contributed by atoms with Crippen LogP contribution < -0.4 is 21.5 Å². The van der Waals surface area contributed by atoms with Crippen LogP contribution in [-0.4, -0.2) is 51.1 Å². The molecule has 0 fully saturated rings. The van der Waals surface area contributed by atoms with Gasteiger partial charge in [0.15, 0.2) is 5.82 Å². The Labute approximate surface area is 247 Å². The number of nitrogens with one attached hydrogen (secondary N) is 3. The monoisotopic (exact) mass is 581 g/mol. The van der Waals surface area contributed by atoms with Crippen molar-refractivity contribution in [1.29, 1.82) is 0 Å². The number of likely N-dealkylation sites (N-methyl/N-ethyl adjacent to an activating group) is 1. The van der Waals surface area contributed by atoms with Crippen LogP contribution in [0.1, 0.15) is 34.0 Å². The van der Waals surface area contributed by atoms with Gasteiger partial charge in [0, 0.05) is 36.0 Å². The topological polar surface area (TPSA) is 123 Å². The number of rotatable bonds is 8. The van der Waals surface area contributed by atoms with E-state index in [9.17, 15) is 18.8 Å². The summed E-state index contributed by atoms with van der Waals surface area (Å²) in [5.41, 5.74) is 4.91. The fraction of sp³-hybridized carbons (Fsp3) is 0.219. The predicted octanol–water partition coefficient (Wildman–Crippen LogP) is 3.96. The quantitative estimate of drug-likeness (QED) is 0.255. The Morgan fingerprint density at radius 1 is 1.05 bits per heavy atom. The molecular weight excluding hydrogens is 549 g/mol. The summed E-state index contributed by atoms with van der Waals surface area (Å²) in [4.78, 5) is 47.8. The molecule has 11 heteroatoms. The van der Waals surface area contributed by atoms with Crippen LogP contribution >= 0.6 is 0 Å². The minimum Gasteiger partial charge on any atom is -0.355 e. The van der Waals surface area contributed by atoms with E-state index in [0.29, 0.717) is 27.9 Å². The third-order valence-corrected chi connectivity index (χ3v) is 7.57. The molecule has 3 aromatic heterocycles. The van der Waals surface area contributed by atoms with Crippen LogP contribution in [0.5, 0.6) is 0 Å². The lowest BCUT2D eigenvalue weighted by molar-refractivity contribution is -0.117. The van der Waals surface area contributed by atoms with Gasteiger partial charge in [0.25, 0.3) is 11.5 Å². The van der Waals surface area contributed by atoms with Crippen molar-refractivity contribution >= 4 is 28.5 Å². The Hall–Kier alpha value is -5.16. The van der Waals surface area contributed by atoms with E-state index in [1.165, 1.54) is 22.9 Å². The number of aromatic nitrogens is 4. The highest BCUT2D eigenvalue weighted by Crippen LogP contribution is 2.28. The largest absolute Gasteiger partial charge is 0.355 e. The molecule has 220 valence electrons. The summed E-state index contributed by atoms with van der Waals surface area (Å²) in [5, 5.41) is 8.91. The molecule has 0 saturated carbocycles. The third kappa shape index (κ3) is 5.67. The van der Waals surface area contributed by atoms with Gasteiger partial charge < -0.3 is 20.5 Å². The SMILES string of the molecule is CNC(=O)c1cccc(-c2cnc(NC(=O)[C@H](C)NC)c(=O)n2Cc2cncc(-n3cc(C)c4cc(F)ccc43)c2)c1C. The van der Waals surface area contributed by atoms with Gasteiger partial charge in [0.1, 0.15) is 5.82 Å². The second kappa shape index (κ2) is 12.0. The number of pyridine rings is 1. The summed E-state index contributed by atoms with van der Waals surface area (Å²) < 4.78 is 17.4. The molecule has 0 aliphatic carbocycles. The number of anilines is 1. The van der Waals surface area contributed by atoms with E-state index in [1.54, 1.807) is 51.6 Å². The van der Waals surface area contributed by atoms with Gasteiger partial charge >= 0.3 is 0 Å². The molecule has 0 radical (unpaired) electrons. The minimum atomic E-state index is -0.546. The summed E-state index contributed by atoms with van der Waals surface area (Å²) in [6.07, 6.45) is 6.79. The maximum absolute atomic E-state index is 13.9. The lowest BCUT2D eigenvalue weighted by Crippen LogP contribution is -2.38. The predicted molar refractivity (Wildman–Crippen MR) is 164 cm³/mol. The molecule has 0 aliphatic rings. The molecule has 5 rings (SSSR count). The Balaban J connectivity index is 1.63. The second-order valence-electron chi connectivity index (χ2n) is 10.3. The van der Waals surface area contributed by atoms with Gasteiger partial charge in [-0.05, 0) is 74.8 Å². The molecule has 2 aromatic carbocycles. The first kappa shape index (κ1) is 29.3. The van der Waals surface area contributed by atoms with E-state index in [1.807, 2.05) is 36.7 Å². The number of amides is 2. The molecule has 0 aliphatic heterocycles. The number of hydrogen-bond donors (Lipinski definition) is 3. The maximum atomic E-state index is 13.9. The zero-order valence-electron chi connectivity index (χ0n) is 24.5. The first-order chi connectivity index (χ1) is 20.6. The van der Waals surface area contributed by atoms with E-state index in [2.05, 4.69) is 25.9 Å². The maximum Gasteiger partial charge on any atom is 0.294 e. The normalized spacial score (nSPS) is 11.9. The number of nitrogens with zero attached hydrogens (tertiary/aromatic N) is 4. The van der Waals surface area contributed by atoms with E-state index in [4.69, 9.17) is 0 Å².